The smallest absolute Gasteiger partial charge is 0.270 e. The molecule has 0 radical (unpaired) electrons. The number of carbonyl (C=O) groups excluding carboxylic acids is 1. The molecule has 24 heavy (non-hydrogen) atoms. The lowest BCUT2D eigenvalue weighted by molar-refractivity contribution is -0.384. The standard InChI is InChI=1S/C18H15N3O3/c1-12-5-3-6-13(2)17(12)20-18(22)15(11-19)9-14-7-4-8-16(10-14)21(23)24/h3-10H,1-2H3,(H,20,22)/b15-9+. The Hall–Kier alpha value is -3.46. The first-order valence-corrected chi connectivity index (χ1v) is 7.16. The van der Waals surface area contributed by atoms with Crippen molar-refractivity contribution in [2.75, 3.05) is 5.32 Å². The number of amides is 1. The van der Waals surface area contributed by atoms with Gasteiger partial charge in [0.2, 0.25) is 0 Å². The van der Waals surface area contributed by atoms with E-state index in [2.05, 4.69) is 5.32 Å². The van der Waals surface area contributed by atoms with E-state index in [9.17, 15) is 20.2 Å². The van der Waals surface area contributed by atoms with Gasteiger partial charge in [-0.05, 0) is 36.6 Å². The molecule has 6 nitrogen and oxygen atoms in total. The van der Waals surface area contributed by atoms with E-state index in [1.54, 1.807) is 6.07 Å². The Bertz CT molecular complexity index is 859. The molecule has 2 aromatic rings. The van der Waals surface area contributed by atoms with Crippen LogP contribution in [0.3, 0.4) is 0 Å². The number of nitriles is 1. The zero-order valence-corrected chi connectivity index (χ0v) is 13.2. The molecule has 0 atom stereocenters. The van der Waals surface area contributed by atoms with Crippen molar-refractivity contribution in [1.82, 2.24) is 0 Å². The van der Waals surface area contributed by atoms with Crippen molar-refractivity contribution < 1.29 is 9.72 Å². The lowest BCUT2D eigenvalue weighted by Gasteiger charge is -2.10. The maximum atomic E-state index is 12.3. The van der Waals surface area contributed by atoms with Crippen LogP contribution in [-0.2, 0) is 4.79 Å². The van der Waals surface area contributed by atoms with Gasteiger partial charge in [0.05, 0.1) is 4.92 Å². The summed E-state index contributed by atoms with van der Waals surface area (Å²) < 4.78 is 0. The first-order valence-electron chi connectivity index (χ1n) is 7.16. The molecule has 2 aromatic carbocycles. The Morgan fingerprint density at radius 1 is 1.21 bits per heavy atom. The number of carbonyl (C=O) groups is 1. The van der Waals surface area contributed by atoms with Crippen LogP contribution in [0.1, 0.15) is 16.7 Å². The highest BCUT2D eigenvalue weighted by Gasteiger charge is 2.13. The van der Waals surface area contributed by atoms with E-state index in [4.69, 9.17) is 0 Å². The molecule has 1 N–H and O–H groups in total. The molecule has 0 spiro atoms. The number of para-hydroxylation sites is 1. The van der Waals surface area contributed by atoms with Crippen molar-refractivity contribution >= 4 is 23.4 Å². The minimum absolute atomic E-state index is 0.101. The summed E-state index contributed by atoms with van der Waals surface area (Å²) >= 11 is 0. The number of nitrogens with one attached hydrogen (secondary N) is 1. The fourth-order valence-corrected chi connectivity index (χ4v) is 2.24. The molecule has 0 aromatic heterocycles. The normalized spacial score (nSPS) is 10.8. The van der Waals surface area contributed by atoms with Crippen molar-refractivity contribution in [2.24, 2.45) is 0 Å². The fraction of sp³-hybridized carbons (Fsp3) is 0.111. The maximum absolute atomic E-state index is 12.3. The molecule has 0 saturated carbocycles. The number of hydrogen-bond donors (Lipinski definition) is 1. The summed E-state index contributed by atoms with van der Waals surface area (Å²) in [4.78, 5) is 22.6. The van der Waals surface area contributed by atoms with E-state index in [-0.39, 0.29) is 11.3 Å². The van der Waals surface area contributed by atoms with Gasteiger partial charge in [-0.3, -0.25) is 14.9 Å². The van der Waals surface area contributed by atoms with Gasteiger partial charge in [0, 0.05) is 17.8 Å². The van der Waals surface area contributed by atoms with Crippen molar-refractivity contribution in [3.63, 3.8) is 0 Å². The van der Waals surface area contributed by atoms with Crippen LogP contribution in [0.15, 0.2) is 48.0 Å². The molecule has 0 aliphatic rings. The molecular weight excluding hydrogens is 306 g/mol. The van der Waals surface area contributed by atoms with E-state index in [1.807, 2.05) is 38.1 Å². The molecule has 6 heteroatoms. The molecule has 120 valence electrons. The van der Waals surface area contributed by atoms with E-state index in [1.165, 1.54) is 24.3 Å². The Kier molecular flexibility index (Phi) is 5.07. The number of aryl methyl sites for hydroxylation is 2. The Labute approximate surface area is 139 Å². The predicted molar refractivity (Wildman–Crippen MR) is 91.2 cm³/mol. The number of nitro benzene ring substituents is 1. The van der Waals surface area contributed by atoms with Gasteiger partial charge in [0.25, 0.3) is 11.6 Å². The Morgan fingerprint density at radius 3 is 2.42 bits per heavy atom. The van der Waals surface area contributed by atoms with Crippen LogP contribution in [0, 0.1) is 35.3 Å². The van der Waals surface area contributed by atoms with E-state index < -0.39 is 10.8 Å². The fourth-order valence-electron chi connectivity index (χ4n) is 2.24. The van der Waals surface area contributed by atoms with Gasteiger partial charge in [0.15, 0.2) is 0 Å². The second-order valence-electron chi connectivity index (χ2n) is 5.24. The molecule has 0 saturated heterocycles. The van der Waals surface area contributed by atoms with Crippen LogP contribution < -0.4 is 5.32 Å². The average molecular weight is 321 g/mol. The van der Waals surface area contributed by atoms with Gasteiger partial charge in [-0.15, -0.1) is 0 Å². The Morgan fingerprint density at radius 2 is 1.83 bits per heavy atom. The zero-order chi connectivity index (χ0) is 17.7. The highest BCUT2D eigenvalue weighted by molar-refractivity contribution is 6.10. The Balaban J connectivity index is 2.31. The third-order valence-electron chi connectivity index (χ3n) is 3.48. The van der Waals surface area contributed by atoms with Gasteiger partial charge in [-0.2, -0.15) is 5.26 Å². The lowest BCUT2D eigenvalue weighted by atomic mass is 10.1. The minimum Gasteiger partial charge on any atom is -0.321 e. The summed E-state index contributed by atoms with van der Waals surface area (Å²) in [6.07, 6.45) is 1.33. The van der Waals surface area contributed by atoms with Crippen molar-refractivity contribution in [3.8, 4) is 6.07 Å². The number of hydrogen-bond acceptors (Lipinski definition) is 4. The zero-order valence-electron chi connectivity index (χ0n) is 13.2. The second-order valence-corrected chi connectivity index (χ2v) is 5.24. The van der Waals surface area contributed by atoms with Crippen LogP contribution in [-0.4, -0.2) is 10.8 Å². The van der Waals surface area contributed by atoms with Gasteiger partial charge in [-0.25, -0.2) is 0 Å². The van der Waals surface area contributed by atoms with Gasteiger partial charge in [0.1, 0.15) is 11.6 Å². The van der Waals surface area contributed by atoms with Gasteiger partial charge >= 0.3 is 0 Å². The average Bonchev–Trinajstić information content (AvgIpc) is 2.56. The molecule has 0 aliphatic carbocycles. The topological polar surface area (TPSA) is 96.0 Å². The SMILES string of the molecule is Cc1cccc(C)c1NC(=O)/C(C#N)=C/c1cccc([N+](=O)[O-])c1. The number of nitrogens with zero attached hydrogens (tertiary/aromatic N) is 2. The van der Waals surface area contributed by atoms with E-state index >= 15 is 0 Å². The first kappa shape index (κ1) is 16.9. The largest absolute Gasteiger partial charge is 0.321 e. The summed E-state index contributed by atoms with van der Waals surface area (Å²) in [5, 5.41) is 22.8. The van der Waals surface area contributed by atoms with Crippen LogP contribution in [0.25, 0.3) is 6.08 Å². The summed E-state index contributed by atoms with van der Waals surface area (Å²) in [6.45, 7) is 3.72. The highest BCUT2D eigenvalue weighted by atomic mass is 16.6. The van der Waals surface area contributed by atoms with Gasteiger partial charge < -0.3 is 5.32 Å². The number of nitro groups is 1. The molecule has 2 rings (SSSR count). The molecular formula is C18H15N3O3. The van der Waals surface area contributed by atoms with E-state index in [0.29, 0.717) is 11.3 Å². The molecule has 0 heterocycles. The van der Waals surface area contributed by atoms with Crippen LogP contribution in [0.2, 0.25) is 0 Å². The van der Waals surface area contributed by atoms with Crippen molar-refractivity contribution in [3.05, 3.63) is 74.8 Å². The first-order chi connectivity index (χ1) is 11.4. The number of rotatable bonds is 4. The minimum atomic E-state index is -0.554. The van der Waals surface area contributed by atoms with Crippen LogP contribution >= 0.6 is 0 Å². The third-order valence-corrected chi connectivity index (χ3v) is 3.48. The third kappa shape index (κ3) is 3.84. The van der Waals surface area contributed by atoms with Crippen LogP contribution in [0.4, 0.5) is 11.4 Å². The number of benzene rings is 2. The quantitative estimate of drug-likeness (QED) is 0.401. The summed E-state index contributed by atoms with van der Waals surface area (Å²) in [7, 11) is 0. The summed E-state index contributed by atoms with van der Waals surface area (Å²) in [5.41, 5.74) is 2.61. The van der Waals surface area contributed by atoms with Crippen molar-refractivity contribution in [2.45, 2.75) is 13.8 Å². The molecule has 1 amide bonds. The predicted octanol–water partition coefficient (Wildman–Crippen LogP) is 3.76. The molecule has 0 bridgehead atoms. The highest BCUT2D eigenvalue weighted by Crippen LogP contribution is 2.21. The molecule has 0 aliphatic heterocycles. The van der Waals surface area contributed by atoms with Crippen LogP contribution in [0.5, 0.6) is 0 Å². The summed E-state index contributed by atoms with van der Waals surface area (Å²) in [5.74, 6) is -0.554. The van der Waals surface area contributed by atoms with Crippen molar-refractivity contribution in [1.29, 1.82) is 5.26 Å². The van der Waals surface area contributed by atoms with E-state index in [0.717, 1.165) is 11.1 Å². The maximum Gasteiger partial charge on any atom is 0.270 e. The molecule has 0 fully saturated rings. The number of non-ortho nitro benzene ring substituents is 1. The summed E-state index contributed by atoms with van der Waals surface area (Å²) in [6, 6.07) is 13.2. The molecule has 0 unspecified atom stereocenters. The van der Waals surface area contributed by atoms with Gasteiger partial charge in [-0.1, -0.05) is 30.3 Å². The second kappa shape index (κ2) is 7.20. The lowest BCUT2D eigenvalue weighted by Crippen LogP contribution is -2.15. The monoisotopic (exact) mass is 321 g/mol. The number of anilines is 1.